The van der Waals surface area contributed by atoms with Gasteiger partial charge in [0.25, 0.3) is 0 Å². The van der Waals surface area contributed by atoms with Crippen LogP contribution in [0.15, 0.2) is 0 Å². The molecule has 0 spiro atoms. The number of hydrogen-bond donors (Lipinski definition) is 4. The molecule has 7 heteroatoms. The van der Waals surface area contributed by atoms with Gasteiger partial charge < -0.3 is 25.2 Å². The monoisotopic (exact) mass is 305 g/mol. The first-order valence-electron chi connectivity index (χ1n) is 6.91. The van der Waals surface area contributed by atoms with E-state index in [-0.39, 0.29) is 0 Å². The summed E-state index contributed by atoms with van der Waals surface area (Å²) < 4.78 is 5.39. The van der Waals surface area contributed by atoms with E-state index in [2.05, 4.69) is 6.07 Å². The fourth-order valence-electron chi connectivity index (χ4n) is 2.06. The summed E-state index contributed by atoms with van der Waals surface area (Å²) in [6.07, 6.45) is -0.147. The van der Waals surface area contributed by atoms with Gasteiger partial charge >= 0.3 is 0 Å². The molecule has 1 heterocycles. The number of nitrogens with zero attached hydrogens (tertiary/aromatic N) is 1. The van der Waals surface area contributed by atoms with Crippen LogP contribution in [0.2, 0.25) is 0 Å². The molecule has 1 aliphatic heterocycles. The number of unbranched alkanes of at least 4 members (excludes halogenated alkanes) is 4. The topological polar surface area (TPSA) is 114 Å². The lowest BCUT2D eigenvalue weighted by atomic mass is 10.0. The maximum absolute atomic E-state index is 9.82. The molecule has 6 nitrogen and oxygen atoms in total. The molecule has 1 saturated heterocycles. The van der Waals surface area contributed by atoms with Crippen LogP contribution in [0.25, 0.3) is 0 Å². The number of aliphatic hydroxyl groups is 4. The molecule has 0 radical (unpaired) electrons. The maximum Gasteiger partial charge on any atom is 0.132 e. The molecule has 0 aromatic rings. The second-order valence-corrected chi connectivity index (χ2v) is 6.10. The Labute approximate surface area is 123 Å². The minimum absolute atomic E-state index is 0.393. The van der Waals surface area contributed by atoms with E-state index in [1.165, 1.54) is 11.8 Å². The van der Waals surface area contributed by atoms with Crippen LogP contribution in [0, 0.1) is 11.3 Å². The van der Waals surface area contributed by atoms with E-state index in [9.17, 15) is 15.3 Å². The highest BCUT2D eigenvalue weighted by atomic mass is 32.2. The van der Waals surface area contributed by atoms with Gasteiger partial charge in [-0.3, -0.25) is 0 Å². The summed E-state index contributed by atoms with van der Waals surface area (Å²) >= 11 is 1.37. The van der Waals surface area contributed by atoms with Gasteiger partial charge in [0.1, 0.15) is 29.9 Å². The molecule has 1 fully saturated rings. The standard InChI is InChI=1S/C13H23NO5S/c14-6-4-2-1-3-5-7-20-13-12(18)11(17)10(16)9(8-15)19-13/h9-13,15-18H,1-5,7-8H2/t9-,10-,11+,12+,13-/m1/s1. The third-order valence-electron chi connectivity index (χ3n) is 3.31. The third-order valence-corrected chi connectivity index (χ3v) is 4.56. The summed E-state index contributed by atoms with van der Waals surface area (Å²) in [6.45, 7) is -0.393. The van der Waals surface area contributed by atoms with Gasteiger partial charge in [-0.2, -0.15) is 5.26 Å². The lowest BCUT2D eigenvalue weighted by molar-refractivity contribution is -0.205. The zero-order valence-electron chi connectivity index (χ0n) is 11.4. The lowest BCUT2D eigenvalue weighted by Gasteiger charge is -2.39. The van der Waals surface area contributed by atoms with E-state index in [0.717, 1.165) is 31.4 Å². The molecule has 1 aliphatic rings. The third kappa shape index (κ3) is 5.20. The molecular weight excluding hydrogens is 282 g/mol. The summed E-state index contributed by atoms with van der Waals surface area (Å²) in [5.74, 6) is 0.759. The molecule has 5 atom stereocenters. The minimum atomic E-state index is -1.30. The molecule has 4 N–H and O–H groups in total. The molecule has 1 rings (SSSR count). The number of nitriles is 1. The van der Waals surface area contributed by atoms with Crippen LogP contribution in [0.3, 0.4) is 0 Å². The predicted octanol–water partition coefficient (Wildman–Crippen LogP) is -0.00642. The number of hydrogen-bond acceptors (Lipinski definition) is 7. The number of ether oxygens (including phenoxy) is 1. The molecule has 0 aliphatic carbocycles. The van der Waals surface area contributed by atoms with Crippen molar-refractivity contribution < 1.29 is 25.2 Å². The Kier molecular flexibility index (Phi) is 8.45. The summed E-state index contributed by atoms with van der Waals surface area (Å²) in [5, 5.41) is 46.6. The highest BCUT2D eigenvalue weighted by molar-refractivity contribution is 7.99. The highest BCUT2D eigenvalue weighted by Crippen LogP contribution is 2.29. The van der Waals surface area contributed by atoms with Crippen LogP contribution in [0.5, 0.6) is 0 Å². The quantitative estimate of drug-likeness (QED) is 0.466. The molecule has 116 valence electrons. The van der Waals surface area contributed by atoms with Crippen molar-refractivity contribution >= 4 is 11.8 Å². The van der Waals surface area contributed by atoms with Crippen LogP contribution in [-0.4, -0.2) is 62.6 Å². The fourth-order valence-corrected chi connectivity index (χ4v) is 3.25. The molecule has 0 aromatic carbocycles. The zero-order chi connectivity index (χ0) is 15.0. The Hall–Kier alpha value is -0.360. The summed E-state index contributed by atoms with van der Waals surface area (Å²) in [6, 6.07) is 2.10. The maximum atomic E-state index is 9.82. The first-order valence-corrected chi connectivity index (χ1v) is 7.95. The normalized spacial score (nSPS) is 33.9. The van der Waals surface area contributed by atoms with Gasteiger partial charge in [0.05, 0.1) is 12.7 Å². The summed E-state index contributed by atoms with van der Waals surface area (Å²) in [5.41, 5.74) is -0.635. The average molecular weight is 305 g/mol. The van der Waals surface area contributed by atoms with Crippen molar-refractivity contribution in [3.05, 3.63) is 0 Å². The van der Waals surface area contributed by atoms with Crippen LogP contribution in [0.1, 0.15) is 32.1 Å². The number of thioether (sulfide) groups is 1. The first kappa shape index (κ1) is 17.7. The van der Waals surface area contributed by atoms with E-state index < -0.39 is 36.5 Å². The number of aliphatic hydroxyl groups excluding tert-OH is 4. The van der Waals surface area contributed by atoms with E-state index in [1.54, 1.807) is 0 Å². The second-order valence-electron chi connectivity index (χ2n) is 4.89. The van der Waals surface area contributed by atoms with Gasteiger partial charge in [0.15, 0.2) is 0 Å². The van der Waals surface area contributed by atoms with Crippen molar-refractivity contribution in [2.45, 2.75) is 62.0 Å². The van der Waals surface area contributed by atoms with Crippen LogP contribution < -0.4 is 0 Å². The Morgan fingerprint density at radius 3 is 2.35 bits per heavy atom. The van der Waals surface area contributed by atoms with E-state index in [1.807, 2.05) is 0 Å². The number of rotatable bonds is 8. The SMILES string of the molecule is N#CCCCCCCS[C@H]1O[C@H](CO)[C@@H](O)[C@H](O)[C@@H]1O. The molecule has 20 heavy (non-hydrogen) atoms. The van der Waals surface area contributed by atoms with E-state index >= 15 is 0 Å². The Balaban J connectivity index is 2.23. The van der Waals surface area contributed by atoms with Gasteiger partial charge in [-0.1, -0.05) is 12.8 Å². The predicted molar refractivity (Wildman–Crippen MR) is 74.9 cm³/mol. The summed E-state index contributed by atoms with van der Waals surface area (Å²) in [4.78, 5) is 0. The Morgan fingerprint density at radius 2 is 1.70 bits per heavy atom. The minimum Gasteiger partial charge on any atom is -0.394 e. The van der Waals surface area contributed by atoms with E-state index in [0.29, 0.717) is 6.42 Å². The van der Waals surface area contributed by atoms with Gasteiger partial charge in [-0.15, -0.1) is 11.8 Å². The van der Waals surface area contributed by atoms with Crippen molar-refractivity contribution in [3.8, 4) is 6.07 Å². The van der Waals surface area contributed by atoms with Gasteiger partial charge in [-0.05, 0) is 18.6 Å². The molecule has 0 amide bonds. The van der Waals surface area contributed by atoms with Crippen LogP contribution >= 0.6 is 11.8 Å². The van der Waals surface area contributed by atoms with Crippen molar-refractivity contribution in [2.24, 2.45) is 0 Å². The largest absolute Gasteiger partial charge is 0.394 e. The van der Waals surface area contributed by atoms with E-state index in [4.69, 9.17) is 15.1 Å². The van der Waals surface area contributed by atoms with Crippen molar-refractivity contribution in [2.75, 3.05) is 12.4 Å². The zero-order valence-corrected chi connectivity index (χ0v) is 12.2. The van der Waals surface area contributed by atoms with Crippen molar-refractivity contribution in [3.63, 3.8) is 0 Å². The molecule has 0 unspecified atom stereocenters. The van der Waals surface area contributed by atoms with Gasteiger partial charge in [-0.25, -0.2) is 0 Å². The highest BCUT2D eigenvalue weighted by Gasteiger charge is 2.43. The lowest BCUT2D eigenvalue weighted by Crippen LogP contribution is -2.57. The average Bonchev–Trinajstić information content (AvgIpc) is 2.46. The first-order chi connectivity index (χ1) is 9.61. The van der Waals surface area contributed by atoms with Crippen LogP contribution in [0.4, 0.5) is 0 Å². The van der Waals surface area contributed by atoms with Gasteiger partial charge in [0.2, 0.25) is 0 Å². The van der Waals surface area contributed by atoms with Crippen molar-refractivity contribution in [1.82, 2.24) is 0 Å². The molecular formula is C13H23NO5S. The Bertz CT molecular complexity index is 310. The second kappa shape index (κ2) is 9.55. The molecule has 0 bridgehead atoms. The Morgan fingerprint density at radius 1 is 1.00 bits per heavy atom. The molecule has 0 aromatic heterocycles. The van der Waals surface area contributed by atoms with Crippen molar-refractivity contribution in [1.29, 1.82) is 5.26 Å². The van der Waals surface area contributed by atoms with Crippen LogP contribution in [-0.2, 0) is 4.74 Å². The summed E-state index contributed by atoms with van der Waals surface area (Å²) in [7, 11) is 0. The smallest absolute Gasteiger partial charge is 0.132 e. The fraction of sp³-hybridized carbons (Fsp3) is 0.923. The molecule has 0 saturated carbocycles. The van der Waals surface area contributed by atoms with Gasteiger partial charge in [0, 0.05) is 6.42 Å².